The Kier molecular flexibility index (Phi) is 9.69. The molecule has 1 radical (unpaired) electrons. The van der Waals surface area contributed by atoms with E-state index in [-0.39, 0.29) is 22.4 Å². The maximum atomic E-state index is 2.25. The van der Waals surface area contributed by atoms with Crippen LogP contribution in [0.25, 0.3) is 0 Å². The molecule has 0 N–H and O–H groups in total. The monoisotopic (exact) mass is 401 g/mol. The van der Waals surface area contributed by atoms with Crippen LogP contribution in [0.3, 0.4) is 0 Å². The molecule has 0 bridgehead atoms. The van der Waals surface area contributed by atoms with Crippen LogP contribution < -0.4 is 0 Å². The fourth-order valence-electron chi connectivity index (χ4n) is 1.11. The SMILES string of the molecule is CCCC1CS1.CCCC1CS1.[Au]. The summed E-state index contributed by atoms with van der Waals surface area (Å²) < 4.78 is 0. The quantitative estimate of drug-likeness (QED) is 0.519. The molecule has 0 aliphatic carbocycles. The minimum atomic E-state index is 0. The Morgan fingerprint density at radius 2 is 1.23 bits per heavy atom. The van der Waals surface area contributed by atoms with Crippen LogP contribution in [0.5, 0.6) is 0 Å². The molecule has 2 atom stereocenters. The van der Waals surface area contributed by atoms with Gasteiger partial charge in [-0.3, -0.25) is 0 Å². The molecule has 0 aromatic heterocycles. The number of rotatable bonds is 4. The van der Waals surface area contributed by atoms with Gasteiger partial charge in [0, 0.05) is 44.4 Å². The average molecular weight is 401 g/mol. The average Bonchev–Trinajstić information content (AvgIpc) is 2.81. The summed E-state index contributed by atoms with van der Waals surface area (Å²) >= 11 is 4.19. The first-order valence-electron chi connectivity index (χ1n) is 5.10. The summed E-state index contributed by atoms with van der Waals surface area (Å²) in [6, 6.07) is 0. The smallest absolute Gasteiger partial charge is 0.0138 e. The largest absolute Gasteiger partial charge is 0.157 e. The van der Waals surface area contributed by atoms with Gasteiger partial charge >= 0.3 is 0 Å². The van der Waals surface area contributed by atoms with Crippen molar-refractivity contribution in [2.75, 3.05) is 11.5 Å². The second kappa shape index (κ2) is 8.72. The molecule has 2 unspecified atom stereocenters. The predicted octanol–water partition coefficient (Wildman–Crippen LogP) is 3.80. The Hall–Kier alpha value is 1.44. The van der Waals surface area contributed by atoms with Crippen LogP contribution in [-0.2, 0) is 22.4 Å². The van der Waals surface area contributed by atoms with Crippen molar-refractivity contribution in [3.05, 3.63) is 0 Å². The first-order chi connectivity index (χ1) is 5.86. The second-order valence-electron chi connectivity index (χ2n) is 3.49. The fourth-order valence-corrected chi connectivity index (χ4v) is 2.52. The molecule has 2 aliphatic heterocycles. The van der Waals surface area contributed by atoms with E-state index >= 15 is 0 Å². The van der Waals surface area contributed by atoms with Crippen molar-refractivity contribution in [3.63, 3.8) is 0 Å². The topological polar surface area (TPSA) is 0 Å². The summed E-state index contributed by atoms with van der Waals surface area (Å²) in [5, 5.41) is 2.13. The van der Waals surface area contributed by atoms with Gasteiger partial charge in [-0.1, -0.05) is 26.7 Å². The van der Waals surface area contributed by atoms with E-state index in [1.54, 1.807) is 0 Å². The predicted molar refractivity (Wildman–Crippen MR) is 62.3 cm³/mol. The van der Waals surface area contributed by atoms with Crippen molar-refractivity contribution in [2.24, 2.45) is 0 Å². The van der Waals surface area contributed by atoms with Crippen molar-refractivity contribution in [2.45, 2.75) is 50.0 Å². The van der Waals surface area contributed by atoms with E-state index in [2.05, 4.69) is 37.4 Å². The van der Waals surface area contributed by atoms with Gasteiger partial charge in [-0.2, -0.15) is 23.5 Å². The summed E-state index contributed by atoms with van der Waals surface area (Å²) in [6.45, 7) is 4.50. The minimum Gasteiger partial charge on any atom is -0.157 e. The van der Waals surface area contributed by atoms with Gasteiger partial charge in [-0.15, -0.1) is 0 Å². The molecule has 2 heterocycles. The van der Waals surface area contributed by atoms with Gasteiger partial charge in [0.1, 0.15) is 0 Å². The van der Waals surface area contributed by atoms with E-state index in [1.807, 2.05) is 0 Å². The Morgan fingerprint density at radius 3 is 1.31 bits per heavy atom. The molecule has 3 heteroatoms. The van der Waals surface area contributed by atoms with Gasteiger partial charge in [0.2, 0.25) is 0 Å². The molecular weight excluding hydrogens is 381 g/mol. The summed E-state index contributed by atoms with van der Waals surface area (Å²) in [4.78, 5) is 0. The number of hydrogen-bond donors (Lipinski definition) is 0. The Morgan fingerprint density at radius 1 is 0.923 bits per heavy atom. The van der Waals surface area contributed by atoms with Crippen molar-refractivity contribution in [3.8, 4) is 0 Å². The molecule has 83 valence electrons. The number of thioether (sulfide) groups is 2. The third-order valence-electron chi connectivity index (χ3n) is 2.03. The van der Waals surface area contributed by atoms with Crippen LogP contribution in [0.4, 0.5) is 0 Å². The van der Waals surface area contributed by atoms with Crippen molar-refractivity contribution >= 4 is 23.5 Å². The van der Waals surface area contributed by atoms with Crippen LogP contribution >= 0.6 is 23.5 Å². The normalized spacial score (nSPS) is 28.2. The molecule has 13 heavy (non-hydrogen) atoms. The molecule has 0 nitrogen and oxygen atoms in total. The van der Waals surface area contributed by atoms with Gasteiger partial charge in [-0.25, -0.2) is 0 Å². The summed E-state index contributed by atoms with van der Waals surface area (Å²) in [7, 11) is 0. The molecular formula is C10H20AuS2. The molecule has 2 fully saturated rings. The first-order valence-corrected chi connectivity index (χ1v) is 7.19. The molecule has 2 rings (SSSR count). The van der Waals surface area contributed by atoms with Crippen LogP contribution in [0.2, 0.25) is 0 Å². The van der Waals surface area contributed by atoms with E-state index in [1.165, 1.54) is 37.2 Å². The number of hydrogen-bond acceptors (Lipinski definition) is 2. The zero-order valence-electron chi connectivity index (χ0n) is 8.52. The van der Waals surface area contributed by atoms with Crippen molar-refractivity contribution < 1.29 is 22.4 Å². The molecule has 0 spiro atoms. The van der Waals surface area contributed by atoms with Crippen LogP contribution in [0.15, 0.2) is 0 Å². The molecule has 0 saturated carbocycles. The maximum absolute atomic E-state index is 2.25. The zero-order chi connectivity index (χ0) is 8.81. The van der Waals surface area contributed by atoms with Crippen LogP contribution in [0.1, 0.15) is 39.5 Å². The first kappa shape index (κ1) is 14.4. The van der Waals surface area contributed by atoms with E-state index in [0.29, 0.717) is 0 Å². The van der Waals surface area contributed by atoms with Crippen molar-refractivity contribution in [1.29, 1.82) is 0 Å². The van der Waals surface area contributed by atoms with E-state index in [4.69, 9.17) is 0 Å². The van der Waals surface area contributed by atoms with E-state index in [0.717, 1.165) is 10.5 Å². The van der Waals surface area contributed by atoms with Gasteiger partial charge in [0.05, 0.1) is 0 Å². The zero-order valence-corrected chi connectivity index (χ0v) is 12.3. The molecule has 2 saturated heterocycles. The standard InChI is InChI=1S/2C5H10S.Au/c2*1-2-3-5-4-6-5;/h2*5H,2-4H2,1H3;. The second-order valence-corrected chi connectivity index (χ2v) is 6.15. The minimum absolute atomic E-state index is 0. The van der Waals surface area contributed by atoms with Crippen LogP contribution in [0, 0.1) is 0 Å². The van der Waals surface area contributed by atoms with Gasteiger partial charge in [0.25, 0.3) is 0 Å². The van der Waals surface area contributed by atoms with Gasteiger partial charge < -0.3 is 0 Å². The van der Waals surface area contributed by atoms with Crippen LogP contribution in [-0.4, -0.2) is 22.0 Å². The summed E-state index contributed by atoms with van der Waals surface area (Å²) in [5.41, 5.74) is 0. The Balaban J connectivity index is 0.000000206. The van der Waals surface area contributed by atoms with E-state index in [9.17, 15) is 0 Å². The summed E-state index contributed by atoms with van der Waals surface area (Å²) in [6.07, 6.45) is 5.64. The van der Waals surface area contributed by atoms with Crippen molar-refractivity contribution in [1.82, 2.24) is 0 Å². The Labute approximate surface area is 107 Å². The summed E-state index contributed by atoms with van der Waals surface area (Å²) in [5.74, 6) is 2.88. The Bertz CT molecular complexity index is 97.5. The third-order valence-corrected chi connectivity index (χ3v) is 4.11. The molecule has 2 aliphatic rings. The molecule has 0 amide bonds. The van der Waals surface area contributed by atoms with Gasteiger partial charge in [0.15, 0.2) is 0 Å². The van der Waals surface area contributed by atoms with Gasteiger partial charge in [-0.05, 0) is 12.8 Å². The maximum Gasteiger partial charge on any atom is 0.0138 e. The molecule has 0 aromatic carbocycles. The fraction of sp³-hybridized carbons (Fsp3) is 1.00. The molecule has 0 aromatic rings. The van der Waals surface area contributed by atoms with E-state index < -0.39 is 0 Å². The third kappa shape index (κ3) is 9.74.